The van der Waals surface area contributed by atoms with Crippen LogP contribution in [0.5, 0.6) is 0 Å². The lowest BCUT2D eigenvalue weighted by molar-refractivity contribution is 0.282. The largest absolute Gasteiger partial charge is 0.396 e. The maximum absolute atomic E-state index is 8.71. The van der Waals surface area contributed by atoms with Crippen LogP contribution in [0.25, 0.3) is 0 Å². The normalized spacial score (nSPS) is 12.5. The number of anilines is 1. The highest BCUT2D eigenvalue weighted by molar-refractivity contribution is 9.10. The van der Waals surface area contributed by atoms with Crippen LogP contribution in [0, 0.1) is 0 Å². The Balaban J connectivity index is 2.58. The predicted molar refractivity (Wildman–Crippen MR) is 56.7 cm³/mol. The van der Waals surface area contributed by atoms with Gasteiger partial charge in [-0.3, -0.25) is 0 Å². The number of hydrogen-bond donors (Lipinski definition) is 2. The number of aliphatic hydroxyl groups excluding tert-OH is 1. The molecule has 0 radical (unpaired) electrons. The van der Waals surface area contributed by atoms with Gasteiger partial charge in [0.05, 0.1) is 4.47 Å². The molecule has 0 bridgehead atoms. The summed E-state index contributed by atoms with van der Waals surface area (Å²) in [6.45, 7) is 2.20. The average Bonchev–Trinajstić information content (AvgIpc) is 2.09. The zero-order valence-electron chi connectivity index (χ0n) is 7.50. The molecule has 0 aliphatic rings. The van der Waals surface area contributed by atoms with E-state index in [4.69, 9.17) is 5.11 Å². The minimum Gasteiger partial charge on any atom is -0.396 e. The summed E-state index contributed by atoms with van der Waals surface area (Å²) in [7, 11) is 0. The summed E-state index contributed by atoms with van der Waals surface area (Å²) >= 11 is 3.39. The third kappa shape index (κ3) is 3.32. The van der Waals surface area contributed by atoms with E-state index in [-0.39, 0.29) is 12.6 Å². The molecule has 1 aromatic rings. The molecule has 1 aromatic heterocycles. The SMILES string of the molecule is CC(CCO)Nc1ncccc1Br. The second kappa shape index (κ2) is 5.19. The van der Waals surface area contributed by atoms with Gasteiger partial charge in [0.25, 0.3) is 0 Å². The maximum atomic E-state index is 8.71. The molecule has 4 heteroatoms. The van der Waals surface area contributed by atoms with Gasteiger partial charge in [-0.05, 0) is 41.4 Å². The first-order chi connectivity index (χ1) is 6.24. The average molecular weight is 245 g/mol. The highest BCUT2D eigenvalue weighted by atomic mass is 79.9. The third-order valence-electron chi connectivity index (χ3n) is 1.70. The van der Waals surface area contributed by atoms with Crippen molar-refractivity contribution in [2.45, 2.75) is 19.4 Å². The van der Waals surface area contributed by atoms with Crippen molar-refractivity contribution in [3.63, 3.8) is 0 Å². The fourth-order valence-corrected chi connectivity index (χ4v) is 1.36. The second-order valence-corrected chi connectivity index (χ2v) is 3.75. The van der Waals surface area contributed by atoms with E-state index in [0.29, 0.717) is 0 Å². The molecule has 0 amide bonds. The molecule has 13 heavy (non-hydrogen) atoms. The smallest absolute Gasteiger partial charge is 0.140 e. The molecule has 1 unspecified atom stereocenters. The van der Waals surface area contributed by atoms with Gasteiger partial charge in [-0.15, -0.1) is 0 Å². The number of aromatic nitrogens is 1. The molecule has 0 spiro atoms. The molecule has 1 atom stereocenters. The van der Waals surface area contributed by atoms with Crippen LogP contribution >= 0.6 is 15.9 Å². The molecule has 0 saturated carbocycles. The number of rotatable bonds is 4. The van der Waals surface area contributed by atoms with Crippen molar-refractivity contribution in [3.05, 3.63) is 22.8 Å². The van der Waals surface area contributed by atoms with Crippen LogP contribution in [0.3, 0.4) is 0 Å². The number of halogens is 1. The van der Waals surface area contributed by atoms with Crippen LogP contribution in [0.2, 0.25) is 0 Å². The monoisotopic (exact) mass is 244 g/mol. The number of nitrogens with zero attached hydrogens (tertiary/aromatic N) is 1. The highest BCUT2D eigenvalue weighted by Gasteiger charge is 2.04. The van der Waals surface area contributed by atoms with Crippen LogP contribution in [-0.2, 0) is 0 Å². The van der Waals surface area contributed by atoms with Gasteiger partial charge in [0.15, 0.2) is 0 Å². The van der Waals surface area contributed by atoms with Gasteiger partial charge in [-0.25, -0.2) is 4.98 Å². The molecule has 1 heterocycles. The van der Waals surface area contributed by atoms with Crippen molar-refractivity contribution in [3.8, 4) is 0 Å². The molecule has 0 aromatic carbocycles. The lowest BCUT2D eigenvalue weighted by Crippen LogP contribution is -2.17. The van der Waals surface area contributed by atoms with Gasteiger partial charge in [-0.2, -0.15) is 0 Å². The first-order valence-corrected chi connectivity index (χ1v) is 5.01. The summed E-state index contributed by atoms with van der Waals surface area (Å²) in [6, 6.07) is 4.03. The van der Waals surface area contributed by atoms with E-state index in [2.05, 4.69) is 26.2 Å². The third-order valence-corrected chi connectivity index (χ3v) is 2.34. The van der Waals surface area contributed by atoms with E-state index >= 15 is 0 Å². The number of pyridine rings is 1. The Labute approximate surface area is 86.3 Å². The van der Waals surface area contributed by atoms with Crippen LogP contribution in [0.4, 0.5) is 5.82 Å². The Bertz CT molecular complexity index is 268. The van der Waals surface area contributed by atoms with Crippen molar-refractivity contribution in [2.75, 3.05) is 11.9 Å². The molecule has 2 N–H and O–H groups in total. The minimum atomic E-state index is 0.193. The van der Waals surface area contributed by atoms with Crippen molar-refractivity contribution < 1.29 is 5.11 Å². The Kier molecular flexibility index (Phi) is 4.18. The molecule has 0 saturated heterocycles. The van der Waals surface area contributed by atoms with Crippen molar-refractivity contribution in [2.24, 2.45) is 0 Å². The summed E-state index contributed by atoms with van der Waals surface area (Å²) in [4.78, 5) is 4.16. The van der Waals surface area contributed by atoms with Gasteiger partial charge in [-0.1, -0.05) is 0 Å². The molecule has 0 fully saturated rings. The van der Waals surface area contributed by atoms with Gasteiger partial charge < -0.3 is 10.4 Å². The Morgan fingerprint density at radius 1 is 1.69 bits per heavy atom. The van der Waals surface area contributed by atoms with Crippen LogP contribution in [0.1, 0.15) is 13.3 Å². The molecular weight excluding hydrogens is 232 g/mol. The van der Waals surface area contributed by atoms with E-state index in [9.17, 15) is 0 Å². The lowest BCUT2D eigenvalue weighted by Gasteiger charge is -2.13. The molecule has 1 rings (SSSR count). The van der Waals surface area contributed by atoms with Gasteiger partial charge in [0.2, 0.25) is 0 Å². The molecule has 72 valence electrons. The summed E-state index contributed by atoms with van der Waals surface area (Å²) in [5, 5.41) is 11.9. The zero-order chi connectivity index (χ0) is 9.68. The van der Waals surface area contributed by atoms with E-state index in [1.807, 2.05) is 19.1 Å². The summed E-state index contributed by atoms with van der Waals surface area (Å²) in [5.74, 6) is 0.823. The maximum Gasteiger partial charge on any atom is 0.140 e. The number of hydrogen-bond acceptors (Lipinski definition) is 3. The summed E-state index contributed by atoms with van der Waals surface area (Å²) in [5.41, 5.74) is 0. The summed E-state index contributed by atoms with van der Waals surface area (Å²) in [6.07, 6.45) is 2.46. The van der Waals surface area contributed by atoms with Gasteiger partial charge in [0.1, 0.15) is 5.82 Å². The highest BCUT2D eigenvalue weighted by Crippen LogP contribution is 2.19. The van der Waals surface area contributed by atoms with E-state index < -0.39 is 0 Å². The van der Waals surface area contributed by atoms with E-state index in [0.717, 1.165) is 16.7 Å². The van der Waals surface area contributed by atoms with E-state index in [1.165, 1.54) is 0 Å². The lowest BCUT2D eigenvalue weighted by atomic mass is 10.2. The molecule has 3 nitrogen and oxygen atoms in total. The van der Waals surface area contributed by atoms with Gasteiger partial charge in [0, 0.05) is 18.8 Å². The van der Waals surface area contributed by atoms with Gasteiger partial charge >= 0.3 is 0 Å². The summed E-state index contributed by atoms with van der Waals surface area (Å²) < 4.78 is 0.944. The Morgan fingerprint density at radius 3 is 3.08 bits per heavy atom. The Hall–Kier alpha value is -0.610. The fourth-order valence-electron chi connectivity index (χ4n) is 0.991. The quantitative estimate of drug-likeness (QED) is 0.853. The molecule has 0 aliphatic heterocycles. The van der Waals surface area contributed by atoms with E-state index in [1.54, 1.807) is 6.20 Å². The minimum absolute atomic E-state index is 0.193. The second-order valence-electron chi connectivity index (χ2n) is 2.89. The fraction of sp³-hybridized carbons (Fsp3) is 0.444. The van der Waals surface area contributed by atoms with Crippen molar-refractivity contribution >= 4 is 21.7 Å². The van der Waals surface area contributed by atoms with Crippen molar-refractivity contribution in [1.82, 2.24) is 4.98 Å². The van der Waals surface area contributed by atoms with Crippen LogP contribution in [0.15, 0.2) is 22.8 Å². The number of nitrogens with one attached hydrogen (secondary N) is 1. The van der Waals surface area contributed by atoms with Crippen molar-refractivity contribution in [1.29, 1.82) is 0 Å². The van der Waals surface area contributed by atoms with Crippen LogP contribution < -0.4 is 5.32 Å². The first kappa shape index (κ1) is 10.5. The molecular formula is C9H13BrN2O. The number of aliphatic hydroxyl groups is 1. The standard InChI is InChI=1S/C9H13BrN2O/c1-7(4-6-13)12-9-8(10)3-2-5-11-9/h2-3,5,7,13H,4,6H2,1H3,(H,11,12). The first-order valence-electron chi connectivity index (χ1n) is 4.22. The zero-order valence-corrected chi connectivity index (χ0v) is 9.08. The van der Waals surface area contributed by atoms with Crippen LogP contribution in [-0.4, -0.2) is 22.7 Å². The Morgan fingerprint density at radius 2 is 2.46 bits per heavy atom. The topological polar surface area (TPSA) is 45.1 Å². The molecule has 0 aliphatic carbocycles. The predicted octanol–water partition coefficient (Wildman–Crippen LogP) is 2.03.